The first-order valence-corrected chi connectivity index (χ1v) is 9.95. The van der Waals surface area contributed by atoms with Crippen molar-refractivity contribution in [1.29, 1.82) is 0 Å². The highest BCUT2D eigenvalue weighted by atomic mass is 32.2. The molecule has 2 heterocycles. The Balaban J connectivity index is 1.77. The minimum atomic E-state index is -0.556. The van der Waals surface area contributed by atoms with Crippen molar-refractivity contribution in [1.82, 2.24) is 15.2 Å². The third kappa shape index (κ3) is 3.55. The van der Waals surface area contributed by atoms with Gasteiger partial charge < -0.3 is 19.9 Å². The summed E-state index contributed by atoms with van der Waals surface area (Å²) in [5.74, 6) is 1.76. The summed E-state index contributed by atoms with van der Waals surface area (Å²) in [5, 5.41) is 22.7. The largest absolute Gasteiger partial charge is 0.504 e. The molecule has 3 aromatic rings. The molecule has 1 aromatic heterocycles. The molecule has 4 rings (SSSR count). The number of aromatic hydroxyl groups is 1. The molecule has 0 saturated heterocycles. The van der Waals surface area contributed by atoms with Crippen molar-refractivity contribution >= 4 is 17.4 Å². The molecule has 2 aromatic carbocycles. The summed E-state index contributed by atoms with van der Waals surface area (Å²) in [7, 11) is 1.51. The molecular weight excluding hydrogens is 376 g/mol. The second-order valence-electron chi connectivity index (χ2n) is 6.22. The molecule has 0 amide bonds. The number of phenols is 1. The van der Waals surface area contributed by atoms with Crippen molar-refractivity contribution in [3.63, 3.8) is 0 Å². The zero-order chi connectivity index (χ0) is 19.5. The van der Waals surface area contributed by atoms with Gasteiger partial charge in [0.25, 0.3) is 0 Å². The van der Waals surface area contributed by atoms with Gasteiger partial charge in [-0.1, -0.05) is 36.9 Å². The normalized spacial score (nSPS) is 14.9. The molecular formula is C20H20N4O3S. The number of thioether (sulfide) groups is 1. The number of nitrogens with zero attached hydrogens (tertiary/aromatic N) is 3. The summed E-state index contributed by atoms with van der Waals surface area (Å²) in [4.78, 5) is 4.58. The Labute approximate surface area is 167 Å². The third-order valence-electron chi connectivity index (χ3n) is 4.27. The fourth-order valence-electron chi connectivity index (χ4n) is 2.92. The second-order valence-corrected chi connectivity index (χ2v) is 7.28. The first-order chi connectivity index (χ1) is 13.7. The van der Waals surface area contributed by atoms with Gasteiger partial charge in [-0.15, -0.1) is 10.2 Å². The van der Waals surface area contributed by atoms with E-state index in [1.54, 1.807) is 23.9 Å². The molecule has 0 fully saturated rings. The van der Waals surface area contributed by atoms with E-state index in [-0.39, 0.29) is 5.75 Å². The predicted molar refractivity (Wildman–Crippen MR) is 108 cm³/mol. The van der Waals surface area contributed by atoms with Gasteiger partial charge in [-0.05, 0) is 30.7 Å². The van der Waals surface area contributed by atoms with Crippen LogP contribution >= 0.6 is 11.8 Å². The van der Waals surface area contributed by atoms with Crippen molar-refractivity contribution < 1.29 is 14.6 Å². The van der Waals surface area contributed by atoms with E-state index in [1.807, 2.05) is 30.3 Å². The summed E-state index contributed by atoms with van der Waals surface area (Å²) in [5.41, 5.74) is 3.04. The second kappa shape index (κ2) is 7.93. The molecule has 0 aliphatic carbocycles. The molecule has 7 nitrogen and oxygen atoms in total. The number of ether oxygens (including phenoxy) is 2. The number of rotatable bonds is 5. The van der Waals surface area contributed by atoms with Crippen LogP contribution in [0.1, 0.15) is 25.1 Å². The Kier molecular flexibility index (Phi) is 5.21. The number of nitrogens with one attached hydrogen (secondary N) is 1. The van der Waals surface area contributed by atoms with Crippen molar-refractivity contribution in [2.75, 3.05) is 18.2 Å². The molecule has 1 unspecified atom stereocenters. The van der Waals surface area contributed by atoms with Crippen LogP contribution in [0, 0.1) is 0 Å². The number of hydrogen-bond acceptors (Lipinski definition) is 8. The third-order valence-corrected chi connectivity index (χ3v) is 5.32. The SMILES string of the molecule is CCCSc1nnc2c(n1)OC(c1ccc(OC)c(O)c1)Nc1ccccc1-2. The minimum Gasteiger partial charge on any atom is -0.504 e. The number of fused-ring (bicyclic) bond motifs is 3. The fourth-order valence-corrected chi connectivity index (χ4v) is 3.56. The van der Waals surface area contributed by atoms with Crippen LogP contribution in [0.2, 0.25) is 0 Å². The van der Waals surface area contributed by atoms with Gasteiger partial charge >= 0.3 is 0 Å². The van der Waals surface area contributed by atoms with Gasteiger partial charge in [0.15, 0.2) is 23.4 Å². The van der Waals surface area contributed by atoms with E-state index >= 15 is 0 Å². The van der Waals surface area contributed by atoms with Crippen molar-refractivity contribution in [3.8, 4) is 28.6 Å². The zero-order valence-electron chi connectivity index (χ0n) is 15.5. The van der Waals surface area contributed by atoms with Gasteiger partial charge in [0.2, 0.25) is 11.0 Å². The topological polar surface area (TPSA) is 89.4 Å². The Morgan fingerprint density at radius 3 is 2.86 bits per heavy atom. The lowest BCUT2D eigenvalue weighted by Crippen LogP contribution is -2.17. The fraction of sp³-hybridized carbons (Fsp3) is 0.250. The number of phenolic OH excluding ortho intramolecular Hbond substituents is 1. The summed E-state index contributed by atoms with van der Waals surface area (Å²) in [6.45, 7) is 2.10. The number of para-hydroxylation sites is 1. The van der Waals surface area contributed by atoms with E-state index in [4.69, 9.17) is 9.47 Å². The highest BCUT2D eigenvalue weighted by Gasteiger charge is 2.26. The molecule has 1 aliphatic rings. The van der Waals surface area contributed by atoms with Gasteiger partial charge in [0.05, 0.1) is 7.11 Å². The molecule has 0 saturated carbocycles. The maximum atomic E-state index is 10.2. The minimum absolute atomic E-state index is 0.0446. The highest BCUT2D eigenvalue weighted by molar-refractivity contribution is 7.99. The average Bonchev–Trinajstić information content (AvgIpc) is 2.88. The summed E-state index contributed by atoms with van der Waals surface area (Å²) in [6.07, 6.45) is 0.462. The summed E-state index contributed by atoms with van der Waals surface area (Å²) >= 11 is 1.54. The molecule has 1 aliphatic heterocycles. The van der Waals surface area contributed by atoms with E-state index in [1.165, 1.54) is 7.11 Å². The van der Waals surface area contributed by atoms with Crippen LogP contribution in [0.25, 0.3) is 11.3 Å². The molecule has 0 radical (unpaired) electrons. The van der Waals surface area contributed by atoms with Crippen LogP contribution in [0.3, 0.4) is 0 Å². The lowest BCUT2D eigenvalue weighted by Gasteiger charge is -2.20. The first-order valence-electron chi connectivity index (χ1n) is 8.96. The van der Waals surface area contributed by atoms with Crippen molar-refractivity contribution in [3.05, 3.63) is 48.0 Å². The number of aromatic nitrogens is 3. The Hall–Kier alpha value is -3.00. The lowest BCUT2D eigenvalue weighted by atomic mass is 10.1. The quantitative estimate of drug-likeness (QED) is 0.619. The van der Waals surface area contributed by atoms with Crippen LogP contribution in [-0.4, -0.2) is 33.2 Å². The number of hydrogen-bond donors (Lipinski definition) is 2. The highest BCUT2D eigenvalue weighted by Crippen LogP contribution is 2.40. The lowest BCUT2D eigenvalue weighted by molar-refractivity contribution is 0.224. The van der Waals surface area contributed by atoms with Crippen LogP contribution < -0.4 is 14.8 Å². The van der Waals surface area contributed by atoms with Crippen LogP contribution in [0.4, 0.5) is 5.69 Å². The Morgan fingerprint density at radius 1 is 1.21 bits per heavy atom. The standard InChI is InChI=1S/C20H20N4O3S/c1-3-10-28-20-22-19-17(23-24-20)13-6-4-5-7-14(13)21-18(27-19)12-8-9-16(26-2)15(25)11-12/h4-9,11,18,21,25H,3,10H2,1-2H3. The van der Waals surface area contributed by atoms with Crippen LogP contribution in [0.15, 0.2) is 47.6 Å². The molecule has 2 N–H and O–H groups in total. The maximum Gasteiger partial charge on any atom is 0.247 e. The summed E-state index contributed by atoms with van der Waals surface area (Å²) < 4.78 is 11.3. The molecule has 8 heteroatoms. The van der Waals surface area contributed by atoms with Gasteiger partial charge in [-0.2, -0.15) is 4.98 Å². The van der Waals surface area contributed by atoms with E-state index in [0.717, 1.165) is 29.0 Å². The van der Waals surface area contributed by atoms with Gasteiger partial charge in [0.1, 0.15) is 0 Å². The number of methoxy groups -OCH3 is 1. The van der Waals surface area contributed by atoms with E-state index in [2.05, 4.69) is 27.4 Å². The van der Waals surface area contributed by atoms with Crippen LogP contribution in [0.5, 0.6) is 17.4 Å². The Bertz CT molecular complexity index is 999. The van der Waals surface area contributed by atoms with Crippen molar-refractivity contribution in [2.24, 2.45) is 0 Å². The smallest absolute Gasteiger partial charge is 0.247 e. The molecule has 0 bridgehead atoms. The van der Waals surface area contributed by atoms with E-state index in [0.29, 0.717) is 22.5 Å². The number of anilines is 1. The molecule has 0 spiro atoms. The summed E-state index contributed by atoms with van der Waals surface area (Å²) in [6, 6.07) is 12.9. The van der Waals surface area contributed by atoms with Gasteiger partial charge in [0, 0.05) is 22.6 Å². The van der Waals surface area contributed by atoms with Crippen molar-refractivity contribution in [2.45, 2.75) is 24.7 Å². The average molecular weight is 396 g/mol. The first kappa shape index (κ1) is 18.4. The van der Waals surface area contributed by atoms with E-state index in [9.17, 15) is 5.11 Å². The monoisotopic (exact) mass is 396 g/mol. The number of benzene rings is 2. The molecule has 144 valence electrons. The van der Waals surface area contributed by atoms with Gasteiger partial charge in [-0.3, -0.25) is 0 Å². The van der Waals surface area contributed by atoms with Gasteiger partial charge in [-0.25, -0.2) is 0 Å². The molecule has 28 heavy (non-hydrogen) atoms. The molecule has 1 atom stereocenters. The van der Waals surface area contributed by atoms with Crippen LogP contribution in [-0.2, 0) is 0 Å². The van der Waals surface area contributed by atoms with E-state index < -0.39 is 6.23 Å². The zero-order valence-corrected chi connectivity index (χ0v) is 16.4. The maximum absolute atomic E-state index is 10.2. The predicted octanol–water partition coefficient (Wildman–Crippen LogP) is 4.26. The Morgan fingerprint density at radius 2 is 2.07 bits per heavy atom.